The number of hydrogen-bond donors (Lipinski definition) is 2. The molecule has 0 saturated carbocycles. The van der Waals surface area contributed by atoms with Crippen LogP contribution < -0.4 is 5.73 Å². The van der Waals surface area contributed by atoms with E-state index in [0.29, 0.717) is 11.4 Å². The first-order chi connectivity index (χ1) is 7.22. The Morgan fingerprint density at radius 3 is 2.87 bits per heavy atom. The third-order valence-corrected chi connectivity index (χ3v) is 2.11. The van der Waals surface area contributed by atoms with E-state index in [2.05, 4.69) is 5.10 Å². The van der Waals surface area contributed by atoms with Gasteiger partial charge in [0, 0.05) is 12.3 Å². The zero-order valence-electron chi connectivity index (χ0n) is 7.89. The first kappa shape index (κ1) is 9.67. The summed E-state index contributed by atoms with van der Waals surface area (Å²) in [5, 5.41) is 13.0. The van der Waals surface area contributed by atoms with Crippen molar-refractivity contribution in [2.45, 2.75) is 6.61 Å². The van der Waals surface area contributed by atoms with Gasteiger partial charge >= 0.3 is 0 Å². The quantitative estimate of drug-likeness (QED) is 0.724. The van der Waals surface area contributed by atoms with E-state index in [1.165, 1.54) is 16.8 Å². The standard InChI is InChI=1S/C10H10FN3O/c11-9-5-7(1-2-10(9)12)14-8(6-15)3-4-13-14/h1-5,15H,6,12H2. The molecule has 0 fully saturated rings. The molecular formula is C10H10FN3O. The normalized spacial score (nSPS) is 10.5. The summed E-state index contributed by atoms with van der Waals surface area (Å²) in [4.78, 5) is 0. The summed E-state index contributed by atoms with van der Waals surface area (Å²) in [6, 6.07) is 6.05. The Labute approximate surface area is 85.8 Å². The molecule has 1 aromatic heterocycles. The van der Waals surface area contributed by atoms with Gasteiger partial charge in [-0.25, -0.2) is 9.07 Å². The molecule has 0 aliphatic rings. The Morgan fingerprint density at radius 2 is 2.20 bits per heavy atom. The molecule has 4 nitrogen and oxygen atoms in total. The largest absolute Gasteiger partial charge is 0.396 e. The minimum Gasteiger partial charge on any atom is -0.396 e. The second-order valence-electron chi connectivity index (χ2n) is 3.10. The van der Waals surface area contributed by atoms with Crippen LogP contribution in [-0.2, 0) is 6.61 Å². The lowest BCUT2D eigenvalue weighted by Gasteiger charge is -2.06. The van der Waals surface area contributed by atoms with E-state index >= 15 is 0 Å². The average molecular weight is 207 g/mol. The molecular weight excluding hydrogens is 197 g/mol. The first-order valence-corrected chi connectivity index (χ1v) is 4.41. The highest BCUT2D eigenvalue weighted by atomic mass is 19.1. The van der Waals surface area contributed by atoms with Crippen molar-refractivity contribution in [3.8, 4) is 5.69 Å². The summed E-state index contributed by atoms with van der Waals surface area (Å²) in [6.45, 7) is -0.147. The van der Waals surface area contributed by atoms with Gasteiger partial charge in [0.05, 0.1) is 23.7 Å². The Balaban J connectivity index is 2.50. The van der Waals surface area contributed by atoms with Crippen molar-refractivity contribution in [2.75, 3.05) is 5.73 Å². The summed E-state index contributed by atoms with van der Waals surface area (Å²) < 4.78 is 14.6. The molecule has 0 radical (unpaired) electrons. The predicted molar refractivity (Wildman–Crippen MR) is 53.9 cm³/mol. The smallest absolute Gasteiger partial charge is 0.148 e. The second kappa shape index (κ2) is 3.70. The highest BCUT2D eigenvalue weighted by Crippen LogP contribution is 2.16. The van der Waals surface area contributed by atoms with Crippen LogP contribution in [0.1, 0.15) is 5.69 Å². The van der Waals surface area contributed by atoms with E-state index in [1.54, 1.807) is 18.3 Å². The number of nitrogen functional groups attached to an aromatic ring is 1. The van der Waals surface area contributed by atoms with Crippen LogP contribution in [0.15, 0.2) is 30.5 Å². The maximum atomic E-state index is 13.2. The fourth-order valence-electron chi connectivity index (χ4n) is 1.33. The molecule has 0 saturated heterocycles. The number of anilines is 1. The fourth-order valence-corrected chi connectivity index (χ4v) is 1.33. The molecule has 78 valence electrons. The average Bonchev–Trinajstić information content (AvgIpc) is 2.70. The van der Waals surface area contributed by atoms with Crippen LogP contribution in [0.2, 0.25) is 0 Å². The predicted octanol–water partition coefficient (Wildman–Crippen LogP) is 1.09. The minimum absolute atomic E-state index is 0.0939. The number of rotatable bonds is 2. The number of nitrogens with two attached hydrogens (primary N) is 1. The van der Waals surface area contributed by atoms with Crippen molar-refractivity contribution in [3.05, 3.63) is 42.0 Å². The molecule has 0 aliphatic carbocycles. The topological polar surface area (TPSA) is 64.1 Å². The van der Waals surface area contributed by atoms with E-state index in [4.69, 9.17) is 10.8 Å². The molecule has 3 N–H and O–H groups in total. The van der Waals surface area contributed by atoms with Gasteiger partial charge in [-0.1, -0.05) is 0 Å². The van der Waals surface area contributed by atoms with Crippen LogP contribution in [0.25, 0.3) is 5.69 Å². The van der Waals surface area contributed by atoms with Gasteiger partial charge in [0.2, 0.25) is 0 Å². The van der Waals surface area contributed by atoms with Crippen LogP contribution >= 0.6 is 0 Å². The van der Waals surface area contributed by atoms with Crippen molar-refractivity contribution in [2.24, 2.45) is 0 Å². The molecule has 0 unspecified atom stereocenters. The first-order valence-electron chi connectivity index (χ1n) is 4.41. The van der Waals surface area contributed by atoms with Gasteiger partial charge in [0.25, 0.3) is 0 Å². The molecule has 2 rings (SSSR count). The number of aromatic nitrogens is 2. The summed E-state index contributed by atoms with van der Waals surface area (Å²) >= 11 is 0. The number of halogens is 1. The Kier molecular flexibility index (Phi) is 2.39. The van der Waals surface area contributed by atoms with Crippen molar-refractivity contribution in [1.82, 2.24) is 9.78 Å². The van der Waals surface area contributed by atoms with E-state index in [1.807, 2.05) is 0 Å². The molecule has 15 heavy (non-hydrogen) atoms. The lowest BCUT2D eigenvalue weighted by molar-refractivity contribution is 0.273. The van der Waals surface area contributed by atoms with Gasteiger partial charge in [-0.3, -0.25) is 0 Å². The monoisotopic (exact) mass is 207 g/mol. The highest BCUT2D eigenvalue weighted by molar-refractivity contribution is 5.46. The second-order valence-corrected chi connectivity index (χ2v) is 3.10. The molecule has 0 spiro atoms. The van der Waals surface area contributed by atoms with Crippen LogP contribution in [-0.4, -0.2) is 14.9 Å². The van der Waals surface area contributed by atoms with Gasteiger partial charge in [-0.2, -0.15) is 5.10 Å². The fraction of sp³-hybridized carbons (Fsp3) is 0.100. The molecule has 0 atom stereocenters. The van der Waals surface area contributed by atoms with Crippen LogP contribution in [0.3, 0.4) is 0 Å². The van der Waals surface area contributed by atoms with Crippen molar-refractivity contribution >= 4 is 5.69 Å². The molecule has 1 aromatic carbocycles. The van der Waals surface area contributed by atoms with E-state index < -0.39 is 5.82 Å². The number of hydrogen-bond acceptors (Lipinski definition) is 3. The number of aliphatic hydroxyl groups excluding tert-OH is 1. The SMILES string of the molecule is Nc1ccc(-n2nccc2CO)cc1F. The Morgan fingerprint density at radius 1 is 1.40 bits per heavy atom. The summed E-state index contributed by atoms with van der Waals surface area (Å²) in [7, 11) is 0. The van der Waals surface area contributed by atoms with Gasteiger partial charge in [0.15, 0.2) is 0 Å². The van der Waals surface area contributed by atoms with Crippen molar-refractivity contribution < 1.29 is 9.50 Å². The molecule has 0 bridgehead atoms. The number of nitrogens with zero attached hydrogens (tertiary/aromatic N) is 2. The molecule has 5 heteroatoms. The van der Waals surface area contributed by atoms with Gasteiger partial charge in [-0.15, -0.1) is 0 Å². The van der Waals surface area contributed by atoms with Crippen molar-refractivity contribution in [3.63, 3.8) is 0 Å². The van der Waals surface area contributed by atoms with Crippen LogP contribution in [0.5, 0.6) is 0 Å². The molecule has 1 heterocycles. The molecule has 0 aliphatic heterocycles. The Hall–Kier alpha value is -1.88. The zero-order chi connectivity index (χ0) is 10.8. The van der Waals surface area contributed by atoms with Crippen molar-refractivity contribution in [1.29, 1.82) is 0 Å². The van der Waals surface area contributed by atoms with E-state index in [-0.39, 0.29) is 12.3 Å². The minimum atomic E-state index is -0.494. The summed E-state index contributed by atoms with van der Waals surface area (Å²) in [5.41, 5.74) is 6.59. The lowest BCUT2D eigenvalue weighted by Crippen LogP contribution is -2.03. The maximum Gasteiger partial charge on any atom is 0.148 e. The third-order valence-electron chi connectivity index (χ3n) is 2.11. The van der Waals surface area contributed by atoms with Crippen LogP contribution in [0.4, 0.5) is 10.1 Å². The van der Waals surface area contributed by atoms with Gasteiger partial charge in [-0.05, 0) is 18.2 Å². The van der Waals surface area contributed by atoms with Crippen LogP contribution in [0, 0.1) is 5.82 Å². The van der Waals surface area contributed by atoms with Gasteiger partial charge in [0.1, 0.15) is 5.82 Å². The summed E-state index contributed by atoms with van der Waals surface area (Å²) in [6.07, 6.45) is 1.54. The molecule has 2 aromatic rings. The van der Waals surface area contributed by atoms with Gasteiger partial charge < -0.3 is 10.8 Å². The van der Waals surface area contributed by atoms with E-state index in [0.717, 1.165) is 0 Å². The van der Waals surface area contributed by atoms with E-state index in [9.17, 15) is 4.39 Å². The molecule has 0 amide bonds. The maximum absolute atomic E-state index is 13.2. The number of aliphatic hydroxyl groups is 1. The zero-order valence-corrected chi connectivity index (χ0v) is 7.89. The Bertz CT molecular complexity index is 481. The lowest BCUT2D eigenvalue weighted by atomic mass is 10.2. The summed E-state index contributed by atoms with van der Waals surface area (Å²) in [5.74, 6) is -0.494. The number of benzene rings is 1. The highest BCUT2D eigenvalue weighted by Gasteiger charge is 2.06. The third kappa shape index (κ3) is 1.69.